The Labute approximate surface area is 98.7 Å². The Balaban J connectivity index is 1.72. The second kappa shape index (κ2) is 5.45. The Morgan fingerprint density at radius 3 is 2.44 bits per heavy atom. The van der Waals surface area contributed by atoms with Gasteiger partial charge in [-0.15, -0.1) is 0 Å². The highest BCUT2D eigenvalue weighted by atomic mass is 16.5. The zero-order valence-corrected chi connectivity index (χ0v) is 10.6. The van der Waals surface area contributed by atoms with Gasteiger partial charge < -0.3 is 20.3 Å². The zero-order chi connectivity index (χ0) is 11.5. The fraction of sp³-hybridized carbons (Fsp3) is 1.00. The van der Waals surface area contributed by atoms with Crippen molar-refractivity contribution >= 4 is 0 Å². The molecule has 0 aromatic rings. The number of nitrogens with zero attached hydrogens (tertiary/aromatic N) is 2. The van der Waals surface area contributed by atoms with Crippen LogP contribution in [-0.2, 0) is 4.74 Å². The number of piperidine rings is 1. The molecule has 4 heteroatoms. The summed E-state index contributed by atoms with van der Waals surface area (Å²) in [5.74, 6) is 0.552. The van der Waals surface area contributed by atoms with E-state index in [4.69, 9.17) is 10.5 Å². The lowest BCUT2D eigenvalue weighted by Crippen LogP contribution is -2.45. The van der Waals surface area contributed by atoms with Gasteiger partial charge in [0.2, 0.25) is 0 Å². The molecule has 0 amide bonds. The van der Waals surface area contributed by atoms with E-state index in [-0.39, 0.29) is 6.04 Å². The van der Waals surface area contributed by atoms with E-state index in [1.807, 2.05) is 0 Å². The maximum atomic E-state index is 6.01. The van der Waals surface area contributed by atoms with Crippen molar-refractivity contribution in [1.82, 2.24) is 9.80 Å². The van der Waals surface area contributed by atoms with Crippen molar-refractivity contribution in [2.75, 3.05) is 46.9 Å². The number of hydrogen-bond donors (Lipinski definition) is 1. The molecule has 0 radical (unpaired) electrons. The van der Waals surface area contributed by atoms with E-state index >= 15 is 0 Å². The Bertz CT molecular complexity index is 214. The maximum Gasteiger partial charge on any atom is 0.0621 e. The molecule has 0 bridgehead atoms. The topological polar surface area (TPSA) is 41.7 Å². The summed E-state index contributed by atoms with van der Waals surface area (Å²) in [5, 5.41) is 0. The first-order valence-corrected chi connectivity index (χ1v) is 6.39. The molecule has 2 atom stereocenters. The summed E-state index contributed by atoms with van der Waals surface area (Å²) in [7, 11) is 4.36. The van der Waals surface area contributed by atoms with Gasteiger partial charge in [-0.3, -0.25) is 0 Å². The maximum absolute atomic E-state index is 6.01. The molecule has 2 heterocycles. The molecule has 2 aliphatic heterocycles. The van der Waals surface area contributed by atoms with Crippen molar-refractivity contribution in [2.45, 2.75) is 24.9 Å². The first-order valence-electron chi connectivity index (χ1n) is 6.39. The van der Waals surface area contributed by atoms with Crippen LogP contribution in [-0.4, -0.2) is 68.8 Å². The van der Waals surface area contributed by atoms with Gasteiger partial charge in [0.25, 0.3) is 0 Å². The summed E-state index contributed by atoms with van der Waals surface area (Å²) in [4.78, 5) is 4.90. The van der Waals surface area contributed by atoms with Crippen LogP contribution in [0.1, 0.15) is 12.8 Å². The van der Waals surface area contributed by atoms with Crippen LogP contribution < -0.4 is 5.73 Å². The van der Waals surface area contributed by atoms with E-state index in [9.17, 15) is 0 Å². The summed E-state index contributed by atoms with van der Waals surface area (Å²) in [6.45, 7) is 5.16. The van der Waals surface area contributed by atoms with Gasteiger partial charge in [-0.2, -0.15) is 0 Å². The highest BCUT2D eigenvalue weighted by molar-refractivity contribution is 4.84. The van der Waals surface area contributed by atoms with Crippen LogP contribution in [0.4, 0.5) is 0 Å². The number of ether oxygens (including phenoxy) is 1. The van der Waals surface area contributed by atoms with Crippen LogP contribution in [0.3, 0.4) is 0 Å². The summed E-state index contributed by atoms with van der Waals surface area (Å²) < 4.78 is 5.41. The van der Waals surface area contributed by atoms with E-state index in [2.05, 4.69) is 23.9 Å². The second-order valence-corrected chi connectivity index (χ2v) is 5.46. The minimum Gasteiger partial charge on any atom is -0.379 e. The quantitative estimate of drug-likeness (QED) is 0.736. The molecule has 0 saturated carbocycles. The molecule has 0 spiro atoms. The molecule has 0 aliphatic carbocycles. The van der Waals surface area contributed by atoms with Gasteiger partial charge in [0.1, 0.15) is 0 Å². The van der Waals surface area contributed by atoms with Gasteiger partial charge in [0.15, 0.2) is 0 Å². The molecule has 2 unspecified atom stereocenters. The predicted octanol–water partition coefficient (Wildman–Crippen LogP) is -0.0139. The molecule has 2 saturated heterocycles. The average Bonchev–Trinajstić information content (AvgIpc) is 2.65. The van der Waals surface area contributed by atoms with Crippen LogP contribution in [0.5, 0.6) is 0 Å². The fourth-order valence-corrected chi connectivity index (χ4v) is 2.75. The lowest BCUT2D eigenvalue weighted by molar-refractivity contribution is 0.120. The molecular weight excluding hydrogens is 202 g/mol. The van der Waals surface area contributed by atoms with Crippen molar-refractivity contribution in [1.29, 1.82) is 0 Å². The van der Waals surface area contributed by atoms with Crippen molar-refractivity contribution in [3.8, 4) is 0 Å². The molecule has 94 valence electrons. The Kier molecular flexibility index (Phi) is 4.19. The highest BCUT2D eigenvalue weighted by Crippen LogP contribution is 2.18. The second-order valence-electron chi connectivity index (χ2n) is 5.46. The molecular formula is C12H25N3O. The third kappa shape index (κ3) is 2.94. The predicted molar refractivity (Wildman–Crippen MR) is 65.4 cm³/mol. The summed E-state index contributed by atoms with van der Waals surface area (Å²) >= 11 is 0. The van der Waals surface area contributed by atoms with Crippen molar-refractivity contribution < 1.29 is 4.74 Å². The lowest BCUT2D eigenvalue weighted by atomic mass is 10.00. The van der Waals surface area contributed by atoms with Crippen LogP contribution >= 0.6 is 0 Å². The molecule has 2 fully saturated rings. The molecule has 0 aromatic carbocycles. The smallest absolute Gasteiger partial charge is 0.0621 e. The Morgan fingerprint density at radius 2 is 1.94 bits per heavy atom. The van der Waals surface area contributed by atoms with Crippen molar-refractivity contribution in [3.63, 3.8) is 0 Å². The number of hydrogen-bond acceptors (Lipinski definition) is 4. The zero-order valence-electron chi connectivity index (χ0n) is 10.6. The minimum atomic E-state index is 0.256. The van der Waals surface area contributed by atoms with Crippen LogP contribution in [0.2, 0.25) is 0 Å². The third-order valence-corrected chi connectivity index (χ3v) is 4.03. The third-order valence-electron chi connectivity index (χ3n) is 4.03. The first kappa shape index (κ1) is 12.3. The lowest BCUT2D eigenvalue weighted by Gasteiger charge is -2.36. The van der Waals surface area contributed by atoms with Gasteiger partial charge in [-0.05, 0) is 40.0 Å². The van der Waals surface area contributed by atoms with Crippen LogP contribution in [0.15, 0.2) is 0 Å². The summed E-state index contributed by atoms with van der Waals surface area (Å²) in [6.07, 6.45) is 2.58. The monoisotopic (exact) mass is 227 g/mol. The Morgan fingerprint density at radius 1 is 1.25 bits per heavy atom. The highest BCUT2D eigenvalue weighted by Gasteiger charge is 2.28. The number of likely N-dealkylation sites (tertiary alicyclic amines) is 1. The van der Waals surface area contributed by atoms with Gasteiger partial charge in [0, 0.05) is 24.5 Å². The van der Waals surface area contributed by atoms with Crippen molar-refractivity contribution in [2.24, 2.45) is 11.7 Å². The van der Waals surface area contributed by atoms with E-state index in [1.165, 1.54) is 25.9 Å². The Hall–Kier alpha value is -0.160. The number of nitrogens with two attached hydrogens (primary N) is 1. The number of rotatable bonds is 3. The largest absolute Gasteiger partial charge is 0.379 e. The molecule has 0 aromatic heterocycles. The van der Waals surface area contributed by atoms with E-state index in [0.29, 0.717) is 5.92 Å². The minimum absolute atomic E-state index is 0.256. The van der Waals surface area contributed by atoms with E-state index < -0.39 is 0 Å². The molecule has 16 heavy (non-hydrogen) atoms. The van der Waals surface area contributed by atoms with Gasteiger partial charge in [-0.25, -0.2) is 0 Å². The molecule has 4 nitrogen and oxygen atoms in total. The SMILES string of the molecule is CN(C)C1CCN(CC2COCC2N)CC1. The van der Waals surface area contributed by atoms with E-state index in [1.54, 1.807) is 0 Å². The van der Waals surface area contributed by atoms with Crippen LogP contribution in [0.25, 0.3) is 0 Å². The molecule has 2 aliphatic rings. The summed E-state index contributed by atoms with van der Waals surface area (Å²) in [5.41, 5.74) is 6.01. The molecule has 2 N–H and O–H groups in total. The van der Waals surface area contributed by atoms with E-state index in [0.717, 1.165) is 25.8 Å². The fourth-order valence-electron chi connectivity index (χ4n) is 2.75. The van der Waals surface area contributed by atoms with Crippen molar-refractivity contribution in [3.05, 3.63) is 0 Å². The van der Waals surface area contributed by atoms with Gasteiger partial charge in [0.05, 0.1) is 13.2 Å². The summed E-state index contributed by atoms with van der Waals surface area (Å²) in [6, 6.07) is 1.02. The first-order chi connectivity index (χ1) is 7.66. The van der Waals surface area contributed by atoms with Gasteiger partial charge in [-0.1, -0.05) is 0 Å². The standard InChI is InChI=1S/C12H25N3O/c1-14(2)11-3-5-15(6-4-11)7-10-8-16-9-12(10)13/h10-12H,3-9,13H2,1-2H3. The van der Waals surface area contributed by atoms with Crippen LogP contribution in [0, 0.1) is 5.92 Å². The van der Waals surface area contributed by atoms with Gasteiger partial charge >= 0.3 is 0 Å². The molecule has 2 rings (SSSR count). The normalized spacial score (nSPS) is 33.8. The average molecular weight is 227 g/mol.